The number of methoxy groups -OCH3 is 1. The zero-order chi connectivity index (χ0) is 19.1. The van der Waals surface area contributed by atoms with Gasteiger partial charge in [0.2, 0.25) is 5.91 Å². The first kappa shape index (κ1) is 21.2. The van der Waals surface area contributed by atoms with Crippen LogP contribution in [0.3, 0.4) is 0 Å². The van der Waals surface area contributed by atoms with Crippen LogP contribution in [0.25, 0.3) is 0 Å². The highest BCUT2D eigenvalue weighted by molar-refractivity contribution is 6.11. The molecule has 2 aliphatic rings. The van der Waals surface area contributed by atoms with Crippen LogP contribution in [-0.2, 0) is 28.5 Å². The summed E-state index contributed by atoms with van der Waals surface area (Å²) in [6.45, 7) is 2.00. The summed E-state index contributed by atoms with van der Waals surface area (Å²) in [5, 5.41) is 2.51. The quantitative estimate of drug-likeness (QED) is 0.497. The van der Waals surface area contributed by atoms with Crippen molar-refractivity contribution >= 4 is 19.7 Å². The molecule has 26 heavy (non-hydrogen) atoms. The van der Waals surface area contributed by atoms with E-state index in [-0.39, 0.29) is 49.2 Å². The fourth-order valence-electron chi connectivity index (χ4n) is 3.81. The van der Waals surface area contributed by atoms with E-state index in [1.54, 1.807) is 14.2 Å². The van der Waals surface area contributed by atoms with E-state index in [1.165, 1.54) is 0 Å². The minimum atomic E-state index is -0.452. The van der Waals surface area contributed by atoms with Crippen molar-refractivity contribution in [1.29, 1.82) is 0 Å². The molecular weight excluding hydrogens is 337 g/mol. The molecule has 1 aliphatic carbocycles. The van der Waals surface area contributed by atoms with E-state index in [2.05, 4.69) is 5.32 Å². The first-order valence-electron chi connectivity index (χ1n) is 9.73. The Morgan fingerprint density at radius 3 is 2.46 bits per heavy atom. The van der Waals surface area contributed by atoms with Gasteiger partial charge in [-0.2, -0.15) is 0 Å². The third-order valence-corrected chi connectivity index (χ3v) is 5.32. The van der Waals surface area contributed by atoms with E-state index < -0.39 is 12.1 Å². The molecule has 0 aromatic rings. The largest absolute Gasteiger partial charge is 0.457 e. The Hall–Kier alpha value is -1.12. The molecule has 1 saturated carbocycles. The summed E-state index contributed by atoms with van der Waals surface area (Å²) >= 11 is 0. The summed E-state index contributed by atoms with van der Waals surface area (Å²) in [6.07, 6.45) is 4.19. The second kappa shape index (κ2) is 10.3. The lowest BCUT2D eigenvalue weighted by atomic mass is 9.90. The van der Waals surface area contributed by atoms with Crippen molar-refractivity contribution < 1.29 is 28.5 Å². The van der Waals surface area contributed by atoms with Gasteiger partial charge < -0.3 is 24.3 Å². The van der Waals surface area contributed by atoms with Crippen LogP contribution in [0.5, 0.6) is 0 Å². The molecule has 0 bridgehead atoms. The highest BCUT2D eigenvalue weighted by atomic mass is 16.6. The number of carbonyl (C=O) groups excluding carboxylic acids is 2. The normalized spacial score (nSPS) is 34.4. The molecule has 2 rings (SSSR count). The number of hydrogen-bond acceptors (Lipinski definition) is 6. The van der Waals surface area contributed by atoms with E-state index >= 15 is 0 Å². The lowest BCUT2D eigenvalue weighted by Crippen LogP contribution is -2.45. The molecule has 0 spiro atoms. The standard InChI is InChI=1S/C18H32BNO6/c1-4-11-16(26-15(22)10-9-14(21)20-2)17(18(19)25-11)24-13-8-6-5-7-12(13)23-3/h11-13,16-18H,4-10,19H2,1-3H3,(H,20,21)/t11-,12-,13-,16?,17+,18-/m1/s1. The number of esters is 1. The highest BCUT2D eigenvalue weighted by Gasteiger charge is 2.46. The monoisotopic (exact) mass is 369 g/mol. The molecule has 1 aliphatic heterocycles. The minimum Gasteiger partial charge on any atom is -0.457 e. The van der Waals surface area contributed by atoms with Crippen molar-refractivity contribution in [1.82, 2.24) is 5.32 Å². The summed E-state index contributed by atoms with van der Waals surface area (Å²) in [5.74, 6) is -0.571. The first-order valence-corrected chi connectivity index (χ1v) is 9.73. The third kappa shape index (κ3) is 5.44. The average Bonchev–Trinajstić information content (AvgIpc) is 2.95. The molecule has 8 heteroatoms. The lowest BCUT2D eigenvalue weighted by Gasteiger charge is -2.34. The molecule has 1 N–H and O–H groups in total. The Kier molecular flexibility index (Phi) is 8.38. The van der Waals surface area contributed by atoms with Crippen LogP contribution in [0, 0.1) is 0 Å². The molecule has 0 aromatic carbocycles. The van der Waals surface area contributed by atoms with Gasteiger partial charge in [0.1, 0.15) is 14.0 Å². The lowest BCUT2D eigenvalue weighted by molar-refractivity contribution is -0.167. The van der Waals surface area contributed by atoms with Gasteiger partial charge in [0.15, 0.2) is 6.10 Å². The van der Waals surface area contributed by atoms with Crippen LogP contribution >= 0.6 is 0 Å². The number of nitrogens with one attached hydrogen (secondary N) is 1. The third-order valence-electron chi connectivity index (χ3n) is 5.32. The summed E-state index contributed by atoms with van der Waals surface area (Å²) in [6, 6.07) is -0.156. The van der Waals surface area contributed by atoms with Gasteiger partial charge in [0.05, 0.1) is 30.7 Å². The van der Waals surface area contributed by atoms with Gasteiger partial charge in [-0.1, -0.05) is 19.8 Å². The Labute approximate surface area is 156 Å². The van der Waals surface area contributed by atoms with Crippen LogP contribution in [0.4, 0.5) is 0 Å². The van der Waals surface area contributed by atoms with Crippen LogP contribution in [0.2, 0.25) is 0 Å². The van der Waals surface area contributed by atoms with Gasteiger partial charge in [-0.25, -0.2) is 0 Å². The molecule has 0 aromatic heterocycles. The van der Waals surface area contributed by atoms with Crippen LogP contribution < -0.4 is 5.32 Å². The molecule has 1 unspecified atom stereocenters. The van der Waals surface area contributed by atoms with Gasteiger partial charge in [0.25, 0.3) is 0 Å². The second-order valence-corrected chi connectivity index (χ2v) is 7.11. The number of hydrogen-bond donors (Lipinski definition) is 1. The maximum absolute atomic E-state index is 12.2. The molecule has 6 atom stereocenters. The number of amides is 1. The van der Waals surface area contributed by atoms with Crippen molar-refractivity contribution in [3.63, 3.8) is 0 Å². The van der Waals surface area contributed by atoms with E-state index in [0.717, 1.165) is 32.1 Å². The number of ether oxygens (including phenoxy) is 4. The smallest absolute Gasteiger partial charge is 0.306 e. The summed E-state index contributed by atoms with van der Waals surface area (Å²) in [7, 11) is 5.22. The molecule has 1 heterocycles. The molecule has 1 amide bonds. The molecule has 2 fully saturated rings. The average molecular weight is 369 g/mol. The highest BCUT2D eigenvalue weighted by Crippen LogP contribution is 2.32. The van der Waals surface area contributed by atoms with Gasteiger partial charge in [-0.05, 0) is 19.3 Å². The zero-order valence-electron chi connectivity index (χ0n) is 16.4. The fourth-order valence-corrected chi connectivity index (χ4v) is 3.81. The van der Waals surface area contributed by atoms with E-state index in [1.807, 2.05) is 14.8 Å². The SMILES string of the molecule is B[C@@H]1O[C@H](CC)C(OC(=O)CCC(=O)NC)[C@@H]1O[C@@H]1CCCC[C@H]1OC. The van der Waals surface area contributed by atoms with Gasteiger partial charge in [0, 0.05) is 20.6 Å². The van der Waals surface area contributed by atoms with E-state index in [4.69, 9.17) is 18.9 Å². The first-order chi connectivity index (χ1) is 12.5. The zero-order valence-corrected chi connectivity index (χ0v) is 16.4. The topological polar surface area (TPSA) is 83.1 Å². The van der Waals surface area contributed by atoms with Crippen molar-refractivity contribution in [3.05, 3.63) is 0 Å². The summed E-state index contributed by atoms with van der Waals surface area (Å²) < 4.78 is 23.6. The van der Waals surface area contributed by atoms with E-state index in [9.17, 15) is 9.59 Å². The molecular formula is C18H32BNO6. The maximum atomic E-state index is 12.2. The van der Waals surface area contributed by atoms with Gasteiger partial charge >= 0.3 is 5.97 Å². The fraction of sp³-hybridized carbons (Fsp3) is 0.889. The second-order valence-electron chi connectivity index (χ2n) is 7.11. The molecule has 148 valence electrons. The summed E-state index contributed by atoms with van der Waals surface area (Å²) in [4.78, 5) is 23.5. The van der Waals surface area contributed by atoms with Gasteiger partial charge in [-0.15, -0.1) is 0 Å². The Balaban J connectivity index is 1.99. The minimum absolute atomic E-state index is 0.00697. The molecule has 7 nitrogen and oxygen atoms in total. The predicted octanol–water partition coefficient (Wildman–Crippen LogP) is 0.535. The molecule has 0 radical (unpaired) electrons. The van der Waals surface area contributed by atoms with Crippen LogP contribution in [0.15, 0.2) is 0 Å². The number of rotatable bonds is 8. The maximum Gasteiger partial charge on any atom is 0.306 e. The Morgan fingerprint density at radius 1 is 1.15 bits per heavy atom. The summed E-state index contributed by atoms with van der Waals surface area (Å²) in [5.41, 5.74) is 0. The Morgan fingerprint density at radius 2 is 1.85 bits per heavy atom. The van der Waals surface area contributed by atoms with Crippen molar-refractivity contribution in [2.75, 3.05) is 14.2 Å². The van der Waals surface area contributed by atoms with Crippen molar-refractivity contribution in [3.8, 4) is 0 Å². The van der Waals surface area contributed by atoms with Crippen LogP contribution in [-0.4, -0.2) is 70.4 Å². The molecule has 1 saturated heterocycles. The van der Waals surface area contributed by atoms with Crippen molar-refractivity contribution in [2.24, 2.45) is 0 Å². The van der Waals surface area contributed by atoms with Crippen LogP contribution in [0.1, 0.15) is 51.9 Å². The number of carbonyl (C=O) groups is 2. The van der Waals surface area contributed by atoms with Crippen molar-refractivity contribution in [2.45, 2.75) is 88.4 Å². The van der Waals surface area contributed by atoms with Gasteiger partial charge in [-0.3, -0.25) is 9.59 Å². The van der Waals surface area contributed by atoms with E-state index in [0.29, 0.717) is 0 Å². The Bertz CT molecular complexity index is 477. The predicted molar refractivity (Wildman–Crippen MR) is 98.6 cm³/mol.